The lowest BCUT2D eigenvalue weighted by atomic mass is 9.92. The summed E-state index contributed by atoms with van der Waals surface area (Å²) in [5, 5.41) is 6.81. The summed E-state index contributed by atoms with van der Waals surface area (Å²) in [5.41, 5.74) is 0.639. The molecule has 2 N–H and O–H groups in total. The summed E-state index contributed by atoms with van der Waals surface area (Å²) in [6.45, 7) is 5.35. The molecule has 1 aromatic carbocycles. The molecule has 0 bridgehead atoms. The van der Waals surface area contributed by atoms with Gasteiger partial charge in [-0.15, -0.1) is 0 Å². The highest BCUT2D eigenvalue weighted by Crippen LogP contribution is 2.23. The van der Waals surface area contributed by atoms with Gasteiger partial charge in [0.25, 0.3) is 5.91 Å². The standard InChI is InChI=1S/C19H19N3O5/c1-19(2,3)15-9-17(27-22-15)21-16(24)10-26-18(25)13-8-14(23)11-6-4-5-7-12(11)20-13/h4-9H,10H2,1-3H3,(H,20,23)(H,21,24). The van der Waals surface area contributed by atoms with E-state index < -0.39 is 18.5 Å². The van der Waals surface area contributed by atoms with E-state index in [2.05, 4.69) is 15.5 Å². The molecule has 0 saturated carbocycles. The second-order valence-electron chi connectivity index (χ2n) is 7.04. The summed E-state index contributed by atoms with van der Waals surface area (Å²) in [5.74, 6) is -1.22. The number of aromatic amines is 1. The van der Waals surface area contributed by atoms with Crippen molar-refractivity contribution in [3.8, 4) is 0 Å². The van der Waals surface area contributed by atoms with Crippen LogP contribution in [0.1, 0.15) is 37.0 Å². The zero-order chi connectivity index (χ0) is 19.6. The fourth-order valence-corrected chi connectivity index (χ4v) is 2.38. The van der Waals surface area contributed by atoms with E-state index in [4.69, 9.17) is 9.26 Å². The number of rotatable bonds is 4. The van der Waals surface area contributed by atoms with Gasteiger partial charge in [0.1, 0.15) is 5.69 Å². The molecule has 2 heterocycles. The molecule has 140 valence electrons. The van der Waals surface area contributed by atoms with E-state index in [0.717, 1.165) is 6.07 Å². The number of carbonyl (C=O) groups excluding carboxylic acids is 2. The van der Waals surface area contributed by atoms with E-state index in [1.54, 1.807) is 30.3 Å². The molecule has 0 atom stereocenters. The van der Waals surface area contributed by atoms with Crippen LogP contribution < -0.4 is 10.7 Å². The monoisotopic (exact) mass is 369 g/mol. The molecule has 3 rings (SSSR count). The molecular weight excluding hydrogens is 350 g/mol. The number of pyridine rings is 1. The number of H-pyrrole nitrogens is 1. The predicted molar refractivity (Wildman–Crippen MR) is 98.7 cm³/mol. The first-order valence-electron chi connectivity index (χ1n) is 8.30. The van der Waals surface area contributed by atoms with Crippen molar-refractivity contribution < 1.29 is 18.8 Å². The number of ether oxygens (including phenoxy) is 1. The Morgan fingerprint density at radius 2 is 1.96 bits per heavy atom. The second-order valence-corrected chi connectivity index (χ2v) is 7.04. The number of hydrogen-bond donors (Lipinski definition) is 2. The van der Waals surface area contributed by atoms with E-state index in [1.807, 2.05) is 20.8 Å². The Bertz CT molecular complexity index is 1060. The van der Waals surface area contributed by atoms with Crippen molar-refractivity contribution in [3.63, 3.8) is 0 Å². The van der Waals surface area contributed by atoms with Crippen LogP contribution >= 0.6 is 0 Å². The second kappa shape index (κ2) is 7.06. The lowest BCUT2D eigenvalue weighted by Gasteiger charge is -2.12. The minimum Gasteiger partial charge on any atom is -0.451 e. The Morgan fingerprint density at radius 3 is 2.67 bits per heavy atom. The van der Waals surface area contributed by atoms with E-state index in [-0.39, 0.29) is 22.4 Å². The van der Waals surface area contributed by atoms with Gasteiger partial charge in [0.2, 0.25) is 5.88 Å². The molecular formula is C19H19N3O5. The maximum Gasteiger partial charge on any atom is 0.355 e. The number of hydrogen-bond acceptors (Lipinski definition) is 6. The third-order valence-corrected chi connectivity index (χ3v) is 3.83. The lowest BCUT2D eigenvalue weighted by molar-refractivity contribution is -0.119. The third kappa shape index (κ3) is 4.22. The van der Waals surface area contributed by atoms with Gasteiger partial charge in [-0.3, -0.25) is 14.9 Å². The average Bonchev–Trinajstić information content (AvgIpc) is 3.08. The van der Waals surface area contributed by atoms with Crippen LogP contribution in [0.4, 0.5) is 5.88 Å². The van der Waals surface area contributed by atoms with Gasteiger partial charge in [-0.1, -0.05) is 38.1 Å². The van der Waals surface area contributed by atoms with Crippen molar-refractivity contribution in [3.05, 3.63) is 58.0 Å². The summed E-state index contributed by atoms with van der Waals surface area (Å²) in [6, 6.07) is 9.56. The summed E-state index contributed by atoms with van der Waals surface area (Å²) < 4.78 is 10.0. The van der Waals surface area contributed by atoms with Gasteiger partial charge < -0.3 is 14.2 Å². The number of nitrogens with zero attached hydrogens (tertiary/aromatic N) is 1. The number of aromatic nitrogens is 2. The molecule has 8 nitrogen and oxygen atoms in total. The first kappa shape index (κ1) is 18.4. The number of esters is 1. The summed E-state index contributed by atoms with van der Waals surface area (Å²) in [6.07, 6.45) is 0. The van der Waals surface area contributed by atoms with E-state index in [0.29, 0.717) is 16.6 Å². The smallest absolute Gasteiger partial charge is 0.355 e. The zero-order valence-electron chi connectivity index (χ0n) is 15.2. The molecule has 27 heavy (non-hydrogen) atoms. The van der Waals surface area contributed by atoms with Crippen molar-refractivity contribution in [1.82, 2.24) is 10.1 Å². The molecule has 0 radical (unpaired) electrons. The fourth-order valence-electron chi connectivity index (χ4n) is 2.38. The molecule has 0 aliphatic heterocycles. The highest BCUT2D eigenvalue weighted by atomic mass is 16.5. The third-order valence-electron chi connectivity index (χ3n) is 3.83. The topological polar surface area (TPSA) is 114 Å². The van der Waals surface area contributed by atoms with Crippen LogP contribution in [0.15, 0.2) is 45.7 Å². The number of para-hydroxylation sites is 1. The molecule has 8 heteroatoms. The maximum absolute atomic E-state index is 12.1. The van der Waals surface area contributed by atoms with Crippen LogP contribution in [0.2, 0.25) is 0 Å². The molecule has 2 aromatic heterocycles. The van der Waals surface area contributed by atoms with Crippen LogP contribution in [0.5, 0.6) is 0 Å². The van der Waals surface area contributed by atoms with Gasteiger partial charge >= 0.3 is 5.97 Å². The molecule has 3 aromatic rings. The molecule has 1 amide bonds. The average molecular weight is 369 g/mol. The number of amides is 1. The molecule has 0 aliphatic carbocycles. The van der Waals surface area contributed by atoms with Gasteiger partial charge in [0.05, 0.1) is 5.69 Å². The summed E-state index contributed by atoms with van der Waals surface area (Å²) in [7, 11) is 0. The van der Waals surface area contributed by atoms with Crippen molar-refractivity contribution in [2.24, 2.45) is 0 Å². The van der Waals surface area contributed by atoms with Gasteiger partial charge in [0.15, 0.2) is 12.0 Å². The normalized spacial score (nSPS) is 11.4. The molecule has 0 spiro atoms. The van der Waals surface area contributed by atoms with Crippen molar-refractivity contribution >= 4 is 28.7 Å². The number of carbonyl (C=O) groups is 2. The van der Waals surface area contributed by atoms with Crippen LogP contribution in [-0.2, 0) is 14.9 Å². The van der Waals surface area contributed by atoms with E-state index in [1.165, 1.54) is 0 Å². The molecule has 0 fully saturated rings. The Kier molecular flexibility index (Phi) is 4.81. The van der Waals surface area contributed by atoms with Gasteiger partial charge in [-0.05, 0) is 12.1 Å². The van der Waals surface area contributed by atoms with E-state index in [9.17, 15) is 14.4 Å². The number of fused-ring (bicyclic) bond motifs is 1. The Morgan fingerprint density at radius 1 is 1.22 bits per heavy atom. The van der Waals surface area contributed by atoms with Crippen LogP contribution in [-0.4, -0.2) is 28.6 Å². The largest absolute Gasteiger partial charge is 0.451 e. The Hall–Kier alpha value is -3.42. The number of nitrogens with one attached hydrogen (secondary N) is 2. The Balaban J connectivity index is 1.63. The quantitative estimate of drug-likeness (QED) is 0.683. The summed E-state index contributed by atoms with van der Waals surface area (Å²) in [4.78, 5) is 38.9. The Labute approximate surface area is 154 Å². The lowest BCUT2D eigenvalue weighted by Crippen LogP contribution is -2.22. The zero-order valence-corrected chi connectivity index (χ0v) is 15.2. The molecule has 0 unspecified atom stereocenters. The van der Waals surface area contributed by atoms with Crippen LogP contribution in [0.25, 0.3) is 10.9 Å². The highest BCUT2D eigenvalue weighted by molar-refractivity contribution is 5.95. The summed E-state index contributed by atoms with van der Waals surface area (Å²) >= 11 is 0. The highest BCUT2D eigenvalue weighted by Gasteiger charge is 2.20. The minimum absolute atomic E-state index is 0.0267. The maximum atomic E-state index is 12.1. The first-order chi connectivity index (χ1) is 12.7. The van der Waals surface area contributed by atoms with Gasteiger partial charge in [0, 0.05) is 28.5 Å². The van der Waals surface area contributed by atoms with Gasteiger partial charge in [-0.25, -0.2) is 4.79 Å². The van der Waals surface area contributed by atoms with Gasteiger partial charge in [-0.2, -0.15) is 0 Å². The number of anilines is 1. The van der Waals surface area contributed by atoms with E-state index >= 15 is 0 Å². The first-order valence-corrected chi connectivity index (χ1v) is 8.30. The fraction of sp³-hybridized carbons (Fsp3) is 0.263. The molecule has 0 saturated heterocycles. The van der Waals surface area contributed by atoms with Crippen molar-refractivity contribution in [1.29, 1.82) is 0 Å². The number of benzene rings is 1. The van der Waals surface area contributed by atoms with Crippen molar-refractivity contribution in [2.45, 2.75) is 26.2 Å². The predicted octanol–water partition coefficient (Wildman–Crippen LogP) is 2.61. The SMILES string of the molecule is CC(C)(C)c1cc(NC(=O)COC(=O)c2cc(=O)c3ccccc3[nH]2)on1. The minimum atomic E-state index is -0.805. The van der Waals surface area contributed by atoms with Crippen molar-refractivity contribution in [2.75, 3.05) is 11.9 Å². The van der Waals surface area contributed by atoms with Crippen LogP contribution in [0, 0.1) is 0 Å². The molecule has 0 aliphatic rings. The van der Waals surface area contributed by atoms with Crippen LogP contribution in [0.3, 0.4) is 0 Å².